The summed E-state index contributed by atoms with van der Waals surface area (Å²) in [5.41, 5.74) is 10.7. The highest BCUT2D eigenvalue weighted by Gasteiger charge is 2.20. The standard InChI is InChI=1S/C44H27NO/c1-2-13-35-29(8-1)20-24-38-36-14-3-4-16-40(36)45(44(35)38)34-22-18-28(19-23-34)31-11-5-12-32(26-31)33-21-25-41-39(27-33)37-15-6-9-30-10-7-17-42(46-41)43(30)37/h1-27H. The Balaban J connectivity index is 1.06. The summed E-state index contributed by atoms with van der Waals surface area (Å²) in [5.74, 6) is 1.83. The van der Waals surface area contributed by atoms with E-state index in [0.29, 0.717) is 0 Å². The number of hydrogen-bond acceptors (Lipinski definition) is 1. The smallest absolute Gasteiger partial charge is 0.135 e. The molecule has 46 heavy (non-hydrogen) atoms. The summed E-state index contributed by atoms with van der Waals surface area (Å²) in [6.07, 6.45) is 0. The van der Waals surface area contributed by atoms with Crippen LogP contribution in [-0.2, 0) is 0 Å². The molecule has 2 nitrogen and oxygen atoms in total. The predicted molar refractivity (Wildman–Crippen MR) is 192 cm³/mol. The van der Waals surface area contributed by atoms with Crippen LogP contribution in [0.25, 0.3) is 82.4 Å². The first-order valence-electron chi connectivity index (χ1n) is 15.8. The Morgan fingerprint density at radius 3 is 1.98 bits per heavy atom. The second-order valence-electron chi connectivity index (χ2n) is 12.1. The first kappa shape index (κ1) is 25.2. The van der Waals surface area contributed by atoms with E-state index in [-0.39, 0.29) is 0 Å². The number of fused-ring (bicyclic) bond motifs is 7. The number of para-hydroxylation sites is 1. The van der Waals surface area contributed by atoms with Gasteiger partial charge in [-0.15, -0.1) is 0 Å². The average Bonchev–Trinajstić information content (AvgIpc) is 3.47. The number of aromatic nitrogens is 1. The van der Waals surface area contributed by atoms with E-state index in [4.69, 9.17) is 4.74 Å². The van der Waals surface area contributed by atoms with E-state index < -0.39 is 0 Å². The second kappa shape index (κ2) is 9.69. The van der Waals surface area contributed by atoms with E-state index in [1.807, 2.05) is 0 Å². The number of nitrogens with zero attached hydrogens (tertiary/aromatic N) is 1. The van der Waals surface area contributed by atoms with Crippen molar-refractivity contribution in [1.82, 2.24) is 4.57 Å². The molecule has 0 saturated carbocycles. The Hall–Kier alpha value is -6.12. The molecule has 0 N–H and O–H groups in total. The Morgan fingerprint density at radius 2 is 1.09 bits per heavy atom. The third kappa shape index (κ3) is 3.71. The van der Waals surface area contributed by atoms with Crippen LogP contribution in [0, 0.1) is 0 Å². The lowest BCUT2D eigenvalue weighted by atomic mass is 9.91. The Labute approximate surface area is 266 Å². The molecule has 0 radical (unpaired) electrons. The number of rotatable bonds is 3. The lowest BCUT2D eigenvalue weighted by Crippen LogP contribution is -1.97. The fourth-order valence-corrected chi connectivity index (χ4v) is 7.42. The van der Waals surface area contributed by atoms with Crippen LogP contribution in [0.3, 0.4) is 0 Å². The van der Waals surface area contributed by atoms with E-state index >= 15 is 0 Å². The van der Waals surface area contributed by atoms with Gasteiger partial charge in [0.25, 0.3) is 0 Å². The number of benzene rings is 8. The minimum Gasteiger partial charge on any atom is -0.456 e. The highest BCUT2D eigenvalue weighted by atomic mass is 16.5. The fourth-order valence-electron chi connectivity index (χ4n) is 7.42. The molecule has 1 aliphatic rings. The zero-order valence-electron chi connectivity index (χ0n) is 24.9. The minimum absolute atomic E-state index is 0.902. The first-order chi connectivity index (χ1) is 22.8. The molecular weight excluding hydrogens is 558 g/mol. The molecule has 2 heterocycles. The summed E-state index contributed by atoms with van der Waals surface area (Å²) < 4.78 is 8.77. The average molecular weight is 586 g/mol. The summed E-state index contributed by atoms with van der Waals surface area (Å²) in [6.45, 7) is 0. The number of ether oxygens (including phenoxy) is 1. The van der Waals surface area contributed by atoms with Crippen molar-refractivity contribution in [3.8, 4) is 50.6 Å². The van der Waals surface area contributed by atoms with Gasteiger partial charge in [-0.05, 0) is 81.1 Å². The van der Waals surface area contributed by atoms with Gasteiger partial charge in [-0.25, -0.2) is 0 Å². The van der Waals surface area contributed by atoms with E-state index in [2.05, 4.69) is 168 Å². The van der Waals surface area contributed by atoms with Gasteiger partial charge in [0, 0.05) is 32.8 Å². The van der Waals surface area contributed by atoms with Gasteiger partial charge in [-0.3, -0.25) is 0 Å². The fraction of sp³-hybridized carbons (Fsp3) is 0. The highest BCUT2D eigenvalue weighted by Crippen LogP contribution is 2.47. The minimum atomic E-state index is 0.902. The summed E-state index contributed by atoms with van der Waals surface area (Å²) in [7, 11) is 0. The molecule has 0 bridgehead atoms. The van der Waals surface area contributed by atoms with Gasteiger partial charge in [0.2, 0.25) is 0 Å². The molecule has 0 amide bonds. The topological polar surface area (TPSA) is 14.2 Å². The van der Waals surface area contributed by atoms with Crippen LogP contribution < -0.4 is 4.74 Å². The Kier molecular flexibility index (Phi) is 5.31. The van der Waals surface area contributed by atoms with Crippen molar-refractivity contribution in [2.24, 2.45) is 0 Å². The van der Waals surface area contributed by atoms with Crippen LogP contribution in [0.5, 0.6) is 11.5 Å². The van der Waals surface area contributed by atoms with Crippen molar-refractivity contribution >= 4 is 43.4 Å². The zero-order chi connectivity index (χ0) is 30.2. The molecular formula is C44H27NO. The van der Waals surface area contributed by atoms with Crippen LogP contribution in [-0.4, -0.2) is 4.57 Å². The molecule has 9 aromatic rings. The highest BCUT2D eigenvalue weighted by molar-refractivity contribution is 6.18. The molecule has 214 valence electrons. The van der Waals surface area contributed by atoms with Gasteiger partial charge in [-0.2, -0.15) is 0 Å². The SMILES string of the molecule is c1cc(-c2ccc(-n3c4ccccc4c4ccc5ccccc5c43)cc2)cc(-c2ccc3c(c2)-c2cccc4cccc(c24)O3)c1. The van der Waals surface area contributed by atoms with Gasteiger partial charge in [-0.1, -0.05) is 121 Å². The molecule has 10 rings (SSSR count). The lowest BCUT2D eigenvalue weighted by Gasteiger charge is -2.22. The summed E-state index contributed by atoms with van der Waals surface area (Å²) in [4.78, 5) is 0. The Morgan fingerprint density at radius 1 is 0.391 bits per heavy atom. The second-order valence-corrected chi connectivity index (χ2v) is 12.1. The monoisotopic (exact) mass is 585 g/mol. The molecule has 0 unspecified atom stereocenters. The van der Waals surface area contributed by atoms with Crippen molar-refractivity contribution in [3.63, 3.8) is 0 Å². The van der Waals surface area contributed by atoms with Crippen molar-refractivity contribution in [1.29, 1.82) is 0 Å². The van der Waals surface area contributed by atoms with Crippen molar-refractivity contribution < 1.29 is 4.74 Å². The summed E-state index contributed by atoms with van der Waals surface area (Å²) in [5, 5.41) is 7.45. The quantitative estimate of drug-likeness (QED) is 0.201. The molecule has 0 fully saturated rings. The lowest BCUT2D eigenvalue weighted by molar-refractivity contribution is 0.487. The van der Waals surface area contributed by atoms with Crippen molar-refractivity contribution in [2.45, 2.75) is 0 Å². The summed E-state index contributed by atoms with van der Waals surface area (Å²) >= 11 is 0. The van der Waals surface area contributed by atoms with Crippen molar-refractivity contribution in [2.75, 3.05) is 0 Å². The summed E-state index contributed by atoms with van der Waals surface area (Å²) in [6, 6.07) is 59.1. The first-order valence-corrected chi connectivity index (χ1v) is 15.8. The number of hydrogen-bond donors (Lipinski definition) is 0. The third-order valence-corrected chi connectivity index (χ3v) is 9.57. The van der Waals surface area contributed by atoms with Gasteiger partial charge in [0.1, 0.15) is 11.5 Å². The van der Waals surface area contributed by atoms with E-state index in [9.17, 15) is 0 Å². The van der Waals surface area contributed by atoms with E-state index in [0.717, 1.165) is 22.7 Å². The van der Waals surface area contributed by atoms with Gasteiger partial charge in [0.15, 0.2) is 0 Å². The Bertz CT molecular complexity index is 2660. The maximum absolute atomic E-state index is 6.35. The van der Waals surface area contributed by atoms with Crippen LogP contribution in [0.4, 0.5) is 0 Å². The molecule has 2 heteroatoms. The van der Waals surface area contributed by atoms with Crippen LogP contribution >= 0.6 is 0 Å². The van der Waals surface area contributed by atoms with E-state index in [1.165, 1.54) is 71.2 Å². The van der Waals surface area contributed by atoms with E-state index in [1.54, 1.807) is 0 Å². The van der Waals surface area contributed by atoms with Crippen LogP contribution in [0.1, 0.15) is 0 Å². The van der Waals surface area contributed by atoms with Crippen molar-refractivity contribution in [3.05, 3.63) is 164 Å². The molecule has 8 aromatic carbocycles. The van der Waals surface area contributed by atoms with Gasteiger partial charge in [0.05, 0.1) is 11.0 Å². The largest absolute Gasteiger partial charge is 0.456 e. The van der Waals surface area contributed by atoms with Gasteiger partial charge >= 0.3 is 0 Å². The maximum atomic E-state index is 6.35. The predicted octanol–water partition coefficient (Wildman–Crippen LogP) is 12.2. The molecule has 1 aliphatic heterocycles. The van der Waals surface area contributed by atoms with Crippen LogP contribution in [0.2, 0.25) is 0 Å². The molecule has 0 aliphatic carbocycles. The van der Waals surface area contributed by atoms with Crippen LogP contribution in [0.15, 0.2) is 164 Å². The molecule has 1 aromatic heterocycles. The molecule has 0 spiro atoms. The molecule has 0 saturated heterocycles. The molecule has 0 atom stereocenters. The normalized spacial score (nSPS) is 12.1. The zero-order valence-corrected chi connectivity index (χ0v) is 24.9. The van der Waals surface area contributed by atoms with Gasteiger partial charge < -0.3 is 9.30 Å². The third-order valence-electron chi connectivity index (χ3n) is 9.57. The maximum Gasteiger partial charge on any atom is 0.135 e.